The summed E-state index contributed by atoms with van der Waals surface area (Å²) in [6, 6.07) is 13.9. The second kappa shape index (κ2) is 8.46. The van der Waals surface area contributed by atoms with Gasteiger partial charge in [-0.2, -0.15) is 13.2 Å². The van der Waals surface area contributed by atoms with Crippen LogP contribution >= 0.6 is 0 Å². The zero-order valence-electron chi connectivity index (χ0n) is 15.2. The van der Waals surface area contributed by atoms with Gasteiger partial charge in [0.15, 0.2) is 0 Å². The quantitative estimate of drug-likeness (QED) is 0.854. The number of amides is 2. The lowest BCUT2D eigenvalue weighted by Crippen LogP contribution is -2.42. The molecule has 7 heteroatoms. The number of nitrogens with zero attached hydrogens (tertiary/aromatic N) is 1. The molecule has 2 aromatic rings. The Balaban J connectivity index is 1.49. The molecule has 0 aliphatic carbocycles. The van der Waals surface area contributed by atoms with E-state index in [1.54, 1.807) is 4.90 Å². The molecule has 2 amide bonds. The monoisotopic (exact) mass is 390 g/mol. The molecule has 0 atom stereocenters. The van der Waals surface area contributed by atoms with Crippen LogP contribution in [0.15, 0.2) is 54.6 Å². The zero-order valence-corrected chi connectivity index (χ0v) is 15.2. The number of carbonyl (C=O) groups excluding carboxylic acids is 2. The van der Waals surface area contributed by atoms with Crippen molar-refractivity contribution in [3.8, 4) is 0 Å². The molecule has 0 spiro atoms. The first-order valence-electron chi connectivity index (χ1n) is 9.13. The number of piperidine rings is 1. The van der Waals surface area contributed by atoms with E-state index in [1.165, 1.54) is 12.1 Å². The molecular weight excluding hydrogens is 369 g/mol. The van der Waals surface area contributed by atoms with E-state index in [0.29, 0.717) is 38.0 Å². The molecule has 1 aliphatic heterocycles. The highest BCUT2D eigenvalue weighted by Crippen LogP contribution is 2.30. The summed E-state index contributed by atoms with van der Waals surface area (Å²) in [5, 5.41) is 2.66. The van der Waals surface area contributed by atoms with Crippen LogP contribution in [0, 0.1) is 5.92 Å². The fourth-order valence-electron chi connectivity index (χ4n) is 3.26. The Kier molecular flexibility index (Phi) is 6.02. The maximum absolute atomic E-state index is 12.6. The summed E-state index contributed by atoms with van der Waals surface area (Å²) < 4.78 is 37.8. The van der Waals surface area contributed by atoms with E-state index in [4.69, 9.17) is 0 Å². The highest BCUT2D eigenvalue weighted by atomic mass is 19.4. The molecule has 28 heavy (non-hydrogen) atoms. The fourth-order valence-corrected chi connectivity index (χ4v) is 3.26. The van der Waals surface area contributed by atoms with Gasteiger partial charge in [-0.25, -0.2) is 0 Å². The maximum Gasteiger partial charge on any atom is 0.416 e. The predicted molar refractivity (Wildman–Crippen MR) is 99.5 cm³/mol. The molecule has 0 radical (unpaired) electrons. The van der Waals surface area contributed by atoms with Crippen molar-refractivity contribution in [2.24, 2.45) is 5.92 Å². The number of hydrogen-bond acceptors (Lipinski definition) is 2. The van der Waals surface area contributed by atoms with Crippen molar-refractivity contribution in [2.75, 3.05) is 18.4 Å². The lowest BCUT2D eigenvalue weighted by molar-refractivity contribution is -0.137. The van der Waals surface area contributed by atoms with Crippen molar-refractivity contribution in [1.82, 2.24) is 4.90 Å². The number of hydrogen-bond donors (Lipinski definition) is 1. The van der Waals surface area contributed by atoms with Crippen LogP contribution < -0.4 is 5.32 Å². The molecule has 0 saturated carbocycles. The van der Waals surface area contributed by atoms with Gasteiger partial charge >= 0.3 is 6.18 Å². The molecular formula is C21H21F3N2O2. The molecule has 1 saturated heterocycles. The Morgan fingerprint density at radius 3 is 2.14 bits per heavy atom. The predicted octanol–water partition coefficient (Wildman–Crippen LogP) is 4.13. The molecule has 1 N–H and O–H groups in total. The number of rotatable bonds is 4. The van der Waals surface area contributed by atoms with E-state index in [2.05, 4.69) is 5.32 Å². The van der Waals surface area contributed by atoms with Gasteiger partial charge in [0, 0.05) is 24.7 Å². The molecule has 0 bridgehead atoms. The largest absolute Gasteiger partial charge is 0.416 e. The summed E-state index contributed by atoms with van der Waals surface area (Å²) in [7, 11) is 0. The first-order chi connectivity index (χ1) is 13.3. The summed E-state index contributed by atoms with van der Waals surface area (Å²) in [6.45, 7) is 0.994. The summed E-state index contributed by atoms with van der Waals surface area (Å²) >= 11 is 0. The van der Waals surface area contributed by atoms with Gasteiger partial charge in [0.1, 0.15) is 0 Å². The SMILES string of the molecule is O=C(Nc1ccc(C(F)(F)F)cc1)C1CCN(C(=O)Cc2ccccc2)CC1. The molecule has 148 valence electrons. The van der Waals surface area contributed by atoms with Gasteiger partial charge in [-0.1, -0.05) is 30.3 Å². The van der Waals surface area contributed by atoms with Crippen molar-refractivity contribution in [2.45, 2.75) is 25.4 Å². The standard InChI is InChI=1S/C21H21F3N2O2/c22-21(23,24)17-6-8-18(9-7-17)25-20(28)16-10-12-26(13-11-16)19(27)14-15-4-2-1-3-5-15/h1-9,16H,10-14H2,(H,25,28). The first-order valence-corrected chi connectivity index (χ1v) is 9.13. The van der Waals surface area contributed by atoms with E-state index < -0.39 is 11.7 Å². The maximum atomic E-state index is 12.6. The first kappa shape index (κ1) is 19.9. The molecule has 4 nitrogen and oxygen atoms in total. The number of nitrogens with one attached hydrogen (secondary N) is 1. The number of anilines is 1. The van der Waals surface area contributed by atoms with E-state index in [0.717, 1.165) is 17.7 Å². The van der Waals surface area contributed by atoms with Crippen molar-refractivity contribution in [3.05, 3.63) is 65.7 Å². The minimum Gasteiger partial charge on any atom is -0.342 e. The summed E-state index contributed by atoms with van der Waals surface area (Å²) in [5.41, 5.74) is 0.533. The van der Waals surface area contributed by atoms with E-state index >= 15 is 0 Å². The minimum absolute atomic E-state index is 0.0350. The van der Waals surface area contributed by atoms with Gasteiger partial charge in [0.25, 0.3) is 0 Å². The number of carbonyl (C=O) groups is 2. The molecule has 1 heterocycles. The van der Waals surface area contributed by atoms with Gasteiger partial charge in [0.05, 0.1) is 12.0 Å². The third-order valence-electron chi connectivity index (χ3n) is 4.90. The van der Waals surface area contributed by atoms with Crippen molar-refractivity contribution in [3.63, 3.8) is 0 Å². The summed E-state index contributed by atoms with van der Waals surface area (Å²) in [4.78, 5) is 26.5. The van der Waals surface area contributed by atoms with Crippen LogP contribution in [-0.4, -0.2) is 29.8 Å². The van der Waals surface area contributed by atoms with Crippen LogP contribution in [0.2, 0.25) is 0 Å². The molecule has 2 aromatic carbocycles. The molecule has 0 aromatic heterocycles. The van der Waals surface area contributed by atoms with Gasteiger partial charge < -0.3 is 10.2 Å². The third-order valence-corrected chi connectivity index (χ3v) is 4.90. The molecule has 1 aliphatic rings. The number of halogens is 3. The van der Waals surface area contributed by atoms with Crippen molar-refractivity contribution < 1.29 is 22.8 Å². The average Bonchev–Trinajstić information content (AvgIpc) is 2.68. The number of alkyl halides is 3. The number of likely N-dealkylation sites (tertiary alicyclic amines) is 1. The topological polar surface area (TPSA) is 49.4 Å². The Morgan fingerprint density at radius 1 is 0.964 bits per heavy atom. The average molecular weight is 390 g/mol. The smallest absolute Gasteiger partial charge is 0.342 e. The van der Waals surface area contributed by atoms with Gasteiger partial charge in [-0.3, -0.25) is 9.59 Å². The summed E-state index contributed by atoms with van der Waals surface area (Å²) in [5.74, 6) is -0.453. The van der Waals surface area contributed by atoms with Crippen LogP contribution in [0.5, 0.6) is 0 Å². The Bertz CT molecular complexity index is 812. The summed E-state index contributed by atoms with van der Waals surface area (Å²) in [6.07, 6.45) is -3.00. The van der Waals surface area contributed by atoms with Gasteiger partial charge in [-0.05, 0) is 42.7 Å². The van der Waals surface area contributed by atoms with Crippen molar-refractivity contribution >= 4 is 17.5 Å². The van der Waals surface area contributed by atoms with Crippen LogP contribution in [0.4, 0.5) is 18.9 Å². The fraction of sp³-hybridized carbons (Fsp3) is 0.333. The van der Waals surface area contributed by atoms with Gasteiger partial charge in [-0.15, -0.1) is 0 Å². The lowest BCUT2D eigenvalue weighted by Gasteiger charge is -2.31. The number of benzene rings is 2. The van der Waals surface area contributed by atoms with Crippen LogP contribution in [0.25, 0.3) is 0 Å². The molecule has 0 unspecified atom stereocenters. The molecule has 3 rings (SSSR count). The Hall–Kier alpha value is -2.83. The Labute approximate surface area is 161 Å². The molecule has 1 fully saturated rings. The van der Waals surface area contributed by atoms with Crippen molar-refractivity contribution in [1.29, 1.82) is 0 Å². The van der Waals surface area contributed by atoms with Crippen LogP contribution in [-0.2, 0) is 22.2 Å². The highest BCUT2D eigenvalue weighted by molar-refractivity contribution is 5.92. The lowest BCUT2D eigenvalue weighted by atomic mass is 9.95. The highest BCUT2D eigenvalue weighted by Gasteiger charge is 2.30. The Morgan fingerprint density at radius 2 is 1.57 bits per heavy atom. The van der Waals surface area contributed by atoms with E-state index in [-0.39, 0.29) is 17.7 Å². The van der Waals surface area contributed by atoms with E-state index in [1.807, 2.05) is 30.3 Å². The van der Waals surface area contributed by atoms with Gasteiger partial charge in [0.2, 0.25) is 11.8 Å². The van der Waals surface area contributed by atoms with Crippen LogP contribution in [0.1, 0.15) is 24.0 Å². The zero-order chi connectivity index (χ0) is 20.1. The second-order valence-electron chi connectivity index (χ2n) is 6.88. The minimum atomic E-state index is -4.40. The van der Waals surface area contributed by atoms with Crippen LogP contribution in [0.3, 0.4) is 0 Å². The van der Waals surface area contributed by atoms with E-state index in [9.17, 15) is 22.8 Å². The normalized spacial score (nSPS) is 15.3. The second-order valence-corrected chi connectivity index (χ2v) is 6.88. The third kappa shape index (κ3) is 5.12.